The molecule has 148 valence electrons. The van der Waals surface area contributed by atoms with E-state index < -0.39 is 17.7 Å². The lowest BCUT2D eigenvalue weighted by atomic mass is 10.2. The fraction of sp³-hybridized carbons (Fsp3) is 0.222. The average molecular weight is 389 g/mol. The molecule has 0 spiro atoms. The molecule has 0 bridgehead atoms. The Balaban J connectivity index is 1.71. The zero-order valence-corrected chi connectivity index (χ0v) is 15.0. The van der Waals surface area contributed by atoms with Crippen LogP contribution in [-0.2, 0) is 36.9 Å². The van der Waals surface area contributed by atoms with Crippen LogP contribution in [0.1, 0.15) is 23.7 Å². The molecule has 0 atom stereocenters. The van der Waals surface area contributed by atoms with Gasteiger partial charge in [-0.15, -0.1) is 0 Å². The number of carbonyl (C=O) groups is 4. The molecule has 2 rings (SSSR count). The summed E-state index contributed by atoms with van der Waals surface area (Å²) in [6.45, 7) is 0.0455. The van der Waals surface area contributed by atoms with Crippen LogP contribution >= 0.6 is 0 Å². The van der Waals surface area contributed by atoms with Crippen molar-refractivity contribution < 1.29 is 32.7 Å². The lowest BCUT2D eigenvalue weighted by Gasteiger charge is -2.05. The van der Waals surface area contributed by atoms with E-state index in [9.17, 15) is 19.2 Å². The van der Waals surface area contributed by atoms with Crippen molar-refractivity contribution in [2.24, 2.45) is 0 Å². The van der Waals surface area contributed by atoms with E-state index in [4.69, 9.17) is 8.83 Å². The Hall–Kier alpha value is -3.82. The first-order chi connectivity index (χ1) is 13.5. The van der Waals surface area contributed by atoms with Gasteiger partial charge in [-0.2, -0.15) is 0 Å². The Morgan fingerprint density at radius 2 is 1.89 bits per heavy atom. The fourth-order valence-electron chi connectivity index (χ4n) is 1.98. The number of ether oxygens (including phenoxy) is 1. The van der Waals surface area contributed by atoms with Crippen molar-refractivity contribution in [3.63, 3.8) is 0 Å². The fourth-order valence-corrected chi connectivity index (χ4v) is 1.98. The normalized spacial score (nSPS) is 10.5. The molecule has 0 aromatic carbocycles. The maximum absolute atomic E-state index is 11.7. The van der Waals surface area contributed by atoms with Gasteiger partial charge in [0, 0.05) is 12.5 Å². The summed E-state index contributed by atoms with van der Waals surface area (Å²) in [4.78, 5) is 45.9. The zero-order chi connectivity index (χ0) is 20.4. The molecule has 0 radical (unpaired) electrons. The molecule has 2 aromatic heterocycles. The molecule has 0 aliphatic carbocycles. The van der Waals surface area contributed by atoms with Gasteiger partial charge in [0.05, 0.1) is 26.3 Å². The maximum Gasteiger partial charge on any atom is 0.327 e. The third-order valence-corrected chi connectivity index (χ3v) is 3.39. The number of rotatable bonds is 7. The largest absolute Gasteiger partial charge is 0.469 e. The van der Waals surface area contributed by atoms with E-state index in [1.807, 2.05) is 5.43 Å². The summed E-state index contributed by atoms with van der Waals surface area (Å²) in [6.07, 6.45) is 4.48. The van der Waals surface area contributed by atoms with Crippen LogP contribution in [0.15, 0.2) is 45.4 Å². The lowest BCUT2D eigenvalue weighted by Crippen LogP contribution is -2.47. The maximum atomic E-state index is 11.7. The van der Waals surface area contributed by atoms with Gasteiger partial charge in [-0.1, -0.05) is 0 Å². The zero-order valence-electron chi connectivity index (χ0n) is 15.0. The van der Waals surface area contributed by atoms with E-state index in [1.165, 1.54) is 19.4 Å². The topological polar surface area (TPSA) is 140 Å². The van der Waals surface area contributed by atoms with E-state index >= 15 is 0 Å². The van der Waals surface area contributed by atoms with Gasteiger partial charge in [0.25, 0.3) is 5.91 Å². The highest BCUT2D eigenvalue weighted by molar-refractivity contribution is 6.35. The van der Waals surface area contributed by atoms with Gasteiger partial charge in [0.1, 0.15) is 17.3 Å². The summed E-state index contributed by atoms with van der Waals surface area (Å²) in [5.41, 5.74) is 4.05. The second-order valence-electron chi connectivity index (χ2n) is 5.42. The van der Waals surface area contributed by atoms with Crippen molar-refractivity contribution in [3.8, 4) is 0 Å². The number of hydrogen-bond acceptors (Lipinski definition) is 7. The van der Waals surface area contributed by atoms with E-state index in [0.717, 1.165) is 6.08 Å². The lowest BCUT2D eigenvalue weighted by molar-refractivity contribution is -0.140. The smallest absolute Gasteiger partial charge is 0.327 e. The first-order valence-corrected chi connectivity index (χ1v) is 8.22. The number of amides is 3. The molecule has 10 nitrogen and oxygen atoms in total. The van der Waals surface area contributed by atoms with E-state index in [0.29, 0.717) is 23.7 Å². The highest BCUT2D eigenvalue weighted by Crippen LogP contribution is 2.11. The van der Waals surface area contributed by atoms with Crippen LogP contribution in [0.5, 0.6) is 0 Å². The molecule has 3 amide bonds. The molecule has 28 heavy (non-hydrogen) atoms. The van der Waals surface area contributed by atoms with Crippen LogP contribution in [0.3, 0.4) is 0 Å². The minimum absolute atomic E-state index is 0.0455. The van der Waals surface area contributed by atoms with Gasteiger partial charge in [0.15, 0.2) is 0 Å². The Bertz CT molecular complexity index is 852. The van der Waals surface area contributed by atoms with E-state index in [-0.39, 0.29) is 18.9 Å². The number of furan rings is 2. The highest BCUT2D eigenvalue weighted by Gasteiger charge is 2.13. The van der Waals surface area contributed by atoms with Crippen LogP contribution in [0.4, 0.5) is 0 Å². The van der Waals surface area contributed by atoms with Crippen LogP contribution in [0, 0.1) is 0 Å². The molecule has 0 saturated carbocycles. The Labute approximate surface area is 159 Å². The molecule has 10 heteroatoms. The number of nitrogens with one attached hydrogen (secondary N) is 3. The predicted octanol–water partition coefficient (Wildman–Crippen LogP) is 0.455. The summed E-state index contributed by atoms with van der Waals surface area (Å²) >= 11 is 0. The summed E-state index contributed by atoms with van der Waals surface area (Å²) in [6, 6.07) is 6.58. The van der Waals surface area contributed by atoms with Crippen LogP contribution < -0.4 is 16.2 Å². The number of methoxy groups -OCH3 is 1. The molecule has 0 unspecified atom stereocenters. The van der Waals surface area contributed by atoms with Gasteiger partial charge in [-0.05, 0) is 30.3 Å². The van der Waals surface area contributed by atoms with Crippen molar-refractivity contribution in [2.75, 3.05) is 7.11 Å². The Morgan fingerprint density at radius 3 is 2.61 bits per heavy atom. The van der Waals surface area contributed by atoms with Gasteiger partial charge < -0.3 is 18.9 Å². The van der Waals surface area contributed by atoms with E-state index in [1.54, 1.807) is 24.3 Å². The number of hydrazine groups is 1. The molecule has 0 saturated heterocycles. The summed E-state index contributed by atoms with van der Waals surface area (Å²) in [5, 5.41) is 2.33. The molecular formula is C18H19N3O7. The number of hydrogen-bond donors (Lipinski definition) is 3. The molecule has 0 aliphatic heterocycles. The quantitative estimate of drug-likeness (QED) is 0.270. The van der Waals surface area contributed by atoms with Crippen LogP contribution in [0.2, 0.25) is 0 Å². The monoisotopic (exact) mass is 389 g/mol. The molecule has 2 aromatic rings. The van der Waals surface area contributed by atoms with Crippen molar-refractivity contribution in [1.82, 2.24) is 16.2 Å². The predicted molar refractivity (Wildman–Crippen MR) is 94.9 cm³/mol. The third-order valence-electron chi connectivity index (χ3n) is 3.39. The minimum atomic E-state index is -1.03. The second kappa shape index (κ2) is 10.4. The van der Waals surface area contributed by atoms with Crippen molar-refractivity contribution in [3.05, 3.63) is 53.9 Å². The molecule has 0 fully saturated rings. The van der Waals surface area contributed by atoms with Crippen molar-refractivity contribution in [2.45, 2.75) is 19.4 Å². The van der Waals surface area contributed by atoms with E-state index in [2.05, 4.69) is 15.5 Å². The van der Waals surface area contributed by atoms with Gasteiger partial charge in [-0.3, -0.25) is 30.0 Å². The van der Waals surface area contributed by atoms with Crippen LogP contribution in [0.25, 0.3) is 6.08 Å². The third kappa shape index (κ3) is 6.83. The van der Waals surface area contributed by atoms with Crippen molar-refractivity contribution >= 4 is 29.8 Å². The second-order valence-corrected chi connectivity index (χ2v) is 5.42. The number of carbonyl (C=O) groups excluding carboxylic acids is 4. The highest BCUT2D eigenvalue weighted by atomic mass is 16.5. The number of esters is 1. The molecule has 3 N–H and O–H groups in total. The van der Waals surface area contributed by atoms with Gasteiger partial charge in [0.2, 0.25) is 0 Å². The molecule has 0 aliphatic rings. The summed E-state index contributed by atoms with van der Waals surface area (Å²) in [7, 11) is 1.30. The Kier molecular flexibility index (Phi) is 7.58. The molecule has 2 heterocycles. The number of aryl methyl sites for hydroxylation is 1. The average Bonchev–Trinajstić information content (AvgIpc) is 3.38. The first-order valence-electron chi connectivity index (χ1n) is 8.22. The summed E-state index contributed by atoms with van der Waals surface area (Å²) < 4.78 is 15.0. The molecular weight excluding hydrogens is 370 g/mol. The van der Waals surface area contributed by atoms with Gasteiger partial charge >= 0.3 is 17.8 Å². The Morgan fingerprint density at radius 1 is 1.07 bits per heavy atom. The standard InChI is InChI=1S/C18H19N3O7/c1-26-16(23)9-7-13-5-4-12(28-13)6-8-15(22)20-21-18(25)17(24)19-11-14-3-2-10-27-14/h2-6,8,10H,7,9,11H2,1H3,(H,19,24)(H,20,22)(H,21,25)/b8-6+. The SMILES string of the molecule is COC(=O)CCc1ccc(/C=C/C(=O)NNC(=O)C(=O)NCc2ccco2)o1. The minimum Gasteiger partial charge on any atom is -0.469 e. The van der Waals surface area contributed by atoms with Crippen LogP contribution in [-0.4, -0.2) is 30.8 Å². The summed E-state index contributed by atoms with van der Waals surface area (Å²) in [5.74, 6) is -1.54. The van der Waals surface area contributed by atoms with Gasteiger partial charge in [-0.25, -0.2) is 0 Å². The first kappa shape index (κ1) is 20.5. The van der Waals surface area contributed by atoms with Crippen molar-refractivity contribution in [1.29, 1.82) is 0 Å².